The number of carbonyl (C=O) groups excluding carboxylic acids is 1. The van der Waals surface area contributed by atoms with Crippen molar-refractivity contribution in [2.75, 3.05) is 0 Å². The molecule has 1 aromatic carbocycles. The molecule has 1 aliphatic rings. The van der Waals surface area contributed by atoms with Gasteiger partial charge in [0, 0.05) is 29.3 Å². The van der Waals surface area contributed by atoms with E-state index in [1.165, 1.54) is 12.8 Å². The largest absolute Gasteiger partial charge is 0.294 e. The summed E-state index contributed by atoms with van der Waals surface area (Å²) in [5.41, 5.74) is 0.852. The number of fused-ring (bicyclic) bond motifs is 1. The Balaban J connectivity index is 1.93. The van der Waals surface area contributed by atoms with Crippen LogP contribution in [0.3, 0.4) is 0 Å². The predicted molar refractivity (Wildman–Crippen MR) is 77.2 cm³/mol. The minimum atomic E-state index is 0.210. The van der Waals surface area contributed by atoms with Crippen molar-refractivity contribution in [2.24, 2.45) is 11.8 Å². The van der Waals surface area contributed by atoms with Gasteiger partial charge in [-0.3, -0.25) is 9.78 Å². The topological polar surface area (TPSA) is 30.0 Å². The Labute approximate surface area is 113 Å². The van der Waals surface area contributed by atoms with Crippen LogP contribution in [0.15, 0.2) is 36.7 Å². The van der Waals surface area contributed by atoms with Crippen molar-refractivity contribution >= 4 is 16.6 Å². The number of aromatic nitrogens is 1. The van der Waals surface area contributed by atoms with Gasteiger partial charge in [0.1, 0.15) is 0 Å². The number of hydrogen-bond acceptors (Lipinski definition) is 2. The number of carbonyl (C=O) groups is 1. The first kappa shape index (κ1) is 12.3. The van der Waals surface area contributed by atoms with E-state index in [9.17, 15) is 4.79 Å². The summed E-state index contributed by atoms with van der Waals surface area (Å²) in [6, 6.07) is 7.93. The van der Waals surface area contributed by atoms with Crippen molar-refractivity contribution in [3.05, 3.63) is 42.2 Å². The minimum absolute atomic E-state index is 0.210. The summed E-state index contributed by atoms with van der Waals surface area (Å²) in [4.78, 5) is 16.9. The molecule has 0 unspecified atom stereocenters. The molecule has 2 heteroatoms. The first-order valence-electron chi connectivity index (χ1n) is 7.12. The van der Waals surface area contributed by atoms with Crippen LogP contribution in [-0.4, -0.2) is 10.8 Å². The number of pyridine rings is 1. The van der Waals surface area contributed by atoms with Gasteiger partial charge in [0.2, 0.25) is 0 Å². The zero-order chi connectivity index (χ0) is 13.2. The number of hydrogen-bond donors (Lipinski definition) is 0. The normalized spacial score (nSPS) is 23.4. The van der Waals surface area contributed by atoms with E-state index in [2.05, 4.69) is 11.9 Å². The highest BCUT2D eigenvalue weighted by atomic mass is 16.1. The van der Waals surface area contributed by atoms with Crippen LogP contribution in [0.1, 0.15) is 43.0 Å². The Kier molecular flexibility index (Phi) is 3.33. The van der Waals surface area contributed by atoms with Gasteiger partial charge in [0.25, 0.3) is 0 Å². The highest BCUT2D eigenvalue weighted by Gasteiger charge is 2.26. The summed E-state index contributed by atoms with van der Waals surface area (Å²) < 4.78 is 0. The van der Waals surface area contributed by atoms with Gasteiger partial charge < -0.3 is 0 Å². The van der Waals surface area contributed by atoms with E-state index in [0.717, 1.165) is 35.1 Å². The summed E-state index contributed by atoms with van der Waals surface area (Å²) in [5.74, 6) is 1.30. The summed E-state index contributed by atoms with van der Waals surface area (Å²) in [7, 11) is 0. The Morgan fingerprint density at radius 2 is 1.95 bits per heavy atom. The second-order valence-electron chi connectivity index (χ2n) is 5.72. The lowest BCUT2D eigenvalue weighted by Gasteiger charge is -2.25. The van der Waals surface area contributed by atoms with Crippen LogP contribution < -0.4 is 0 Å². The molecule has 3 rings (SSSR count). The van der Waals surface area contributed by atoms with Crippen molar-refractivity contribution in [1.82, 2.24) is 4.98 Å². The van der Waals surface area contributed by atoms with Crippen LogP contribution in [0.4, 0.5) is 0 Å². The molecule has 98 valence electrons. The van der Waals surface area contributed by atoms with E-state index < -0.39 is 0 Å². The van der Waals surface area contributed by atoms with E-state index in [1.807, 2.05) is 30.5 Å². The molecule has 1 heterocycles. The number of benzene rings is 1. The molecule has 19 heavy (non-hydrogen) atoms. The summed E-state index contributed by atoms with van der Waals surface area (Å²) in [5, 5.41) is 2.10. The van der Waals surface area contributed by atoms with Gasteiger partial charge in [0.15, 0.2) is 5.78 Å². The third-order valence-corrected chi connectivity index (χ3v) is 4.34. The van der Waals surface area contributed by atoms with E-state index in [-0.39, 0.29) is 5.92 Å². The molecule has 0 spiro atoms. The maximum atomic E-state index is 12.7. The van der Waals surface area contributed by atoms with Gasteiger partial charge in [-0.2, -0.15) is 0 Å². The summed E-state index contributed by atoms with van der Waals surface area (Å²) in [6.45, 7) is 2.28. The maximum absolute atomic E-state index is 12.7. The molecular formula is C17H19NO. The molecule has 2 aromatic rings. The summed E-state index contributed by atoms with van der Waals surface area (Å²) >= 11 is 0. The van der Waals surface area contributed by atoms with Crippen LogP contribution in [-0.2, 0) is 0 Å². The zero-order valence-electron chi connectivity index (χ0n) is 11.3. The molecule has 1 aromatic heterocycles. The van der Waals surface area contributed by atoms with Crippen molar-refractivity contribution in [3.8, 4) is 0 Å². The number of Topliss-reactive ketones (excluding diaryl/α,β-unsaturated/α-hetero) is 1. The minimum Gasteiger partial charge on any atom is -0.294 e. The smallest absolute Gasteiger partial charge is 0.166 e. The van der Waals surface area contributed by atoms with Crippen LogP contribution in [0.5, 0.6) is 0 Å². The Morgan fingerprint density at radius 1 is 1.16 bits per heavy atom. The molecule has 0 aliphatic heterocycles. The SMILES string of the molecule is CC1CCC(C(=O)c2cccc3ccncc23)CC1. The van der Waals surface area contributed by atoms with Crippen molar-refractivity contribution in [2.45, 2.75) is 32.6 Å². The quantitative estimate of drug-likeness (QED) is 0.749. The van der Waals surface area contributed by atoms with Crippen molar-refractivity contribution in [3.63, 3.8) is 0 Å². The van der Waals surface area contributed by atoms with Gasteiger partial charge >= 0.3 is 0 Å². The predicted octanol–water partition coefficient (Wildman–Crippen LogP) is 4.24. The van der Waals surface area contributed by atoms with E-state index in [1.54, 1.807) is 6.20 Å². The fourth-order valence-corrected chi connectivity index (χ4v) is 3.07. The Morgan fingerprint density at radius 3 is 2.74 bits per heavy atom. The highest BCUT2D eigenvalue weighted by molar-refractivity contribution is 6.08. The van der Waals surface area contributed by atoms with Gasteiger partial charge in [-0.25, -0.2) is 0 Å². The maximum Gasteiger partial charge on any atom is 0.166 e. The van der Waals surface area contributed by atoms with Crippen LogP contribution in [0.2, 0.25) is 0 Å². The monoisotopic (exact) mass is 253 g/mol. The number of nitrogens with zero attached hydrogens (tertiary/aromatic N) is 1. The molecule has 0 atom stereocenters. The molecule has 1 fully saturated rings. The van der Waals surface area contributed by atoms with E-state index >= 15 is 0 Å². The molecule has 0 N–H and O–H groups in total. The molecule has 0 amide bonds. The van der Waals surface area contributed by atoms with Gasteiger partial charge in [-0.1, -0.05) is 38.0 Å². The zero-order valence-corrected chi connectivity index (χ0v) is 11.3. The lowest BCUT2D eigenvalue weighted by Crippen LogP contribution is -2.21. The lowest BCUT2D eigenvalue weighted by atomic mass is 9.79. The molecule has 1 aliphatic carbocycles. The molecule has 1 saturated carbocycles. The number of ketones is 1. The Bertz CT molecular complexity index is 592. The van der Waals surface area contributed by atoms with Crippen LogP contribution >= 0.6 is 0 Å². The lowest BCUT2D eigenvalue weighted by molar-refractivity contribution is 0.0877. The third-order valence-electron chi connectivity index (χ3n) is 4.34. The molecule has 2 nitrogen and oxygen atoms in total. The average Bonchev–Trinajstić information content (AvgIpc) is 2.47. The molecule has 0 saturated heterocycles. The summed E-state index contributed by atoms with van der Waals surface area (Å²) in [6.07, 6.45) is 8.03. The molecule has 0 radical (unpaired) electrons. The molecular weight excluding hydrogens is 234 g/mol. The number of rotatable bonds is 2. The fourth-order valence-electron chi connectivity index (χ4n) is 3.07. The van der Waals surface area contributed by atoms with Crippen molar-refractivity contribution in [1.29, 1.82) is 0 Å². The third kappa shape index (κ3) is 2.40. The van der Waals surface area contributed by atoms with Crippen molar-refractivity contribution < 1.29 is 4.79 Å². The second kappa shape index (κ2) is 5.12. The standard InChI is InChI=1S/C17H19NO/c1-12-5-7-14(8-6-12)17(19)15-4-2-3-13-9-10-18-11-16(13)15/h2-4,9-12,14H,5-8H2,1H3. The van der Waals surface area contributed by atoms with Gasteiger partial charge in [0.05, 0.1) is 0 Å². The molecule has 0 bridgehead atoms. The van der Waals surface area contributed by atoms with E-state index in [4.69, 9.17) is 0 Å². The van der Waals surface area contributed by atoms with Gasteiger partial charge in [-0.05, 0) is 30.2 Å². The second-order valence-corrected chi connectivity index (χ2v) is 5.72. The van der Waals surface area contributed by atoms with Crippen LogP contribution in [0, 0.1) is 11.8 Å². The fraction of sp³-hybridized carbons (Fsp3) is 0.412. The van der Waals surface area contributed by atoms with E-state index in [0.29, 0.717) is 5.78 Å². The highest BCUT2D eigenvalue weighted by Crippen LogP contribution is 2.32. The first-order chi connectivity index (χ1) is 9.25. The van der Waals surface area contributed by atoms with Crippen LogP contribution in [0.25, 0.3) is 10.8 Å². The first-order valence-corrected chi connectivity index (χ1v) is 7.12. The Hall–Kier alpha value is -1.70. The average molecular weight is 253 g/mol. The van der Waals surface area contributed by atoms with Gasteiger partial charge in [-0.15, -0.1) is 0 Å².